The van der Waals surface area contributed by atoms with E-state index in [9.17, 15) is 4.79 Å². The van der Waals surface area contributed by atoms with Gasteiger partial charge in [0, 0.05) is 6.42 Å². The molecular formula is C18H18O2. The summed E-state index contributed by atoms with van der Waals surface area (Å²) in [5.41, 5.74) is 3.39. The first-order chi connectivity index (χ1) is 9.78. The Kier molecular flexibility index (Phi) is 3.55. The van der Waals surface area contributed by atoms with Gasteiger partial charge in [0.2, 0.25) is 0 Å². The average Bonchev–Trinajstić information content (AvgIpc) is 3.10. The lowest BCUT2D eigenvalue weighted by Gasteiger charge is -2.17. The summed E-state index contributed by atoms with van der Waals surface area (Å²) in [6.45, 7) is 2.09. The first-order valence-corrected chi connectivity index (χ1v) is 7.17. The largest absolute Gasteiger partial charge is 0.478 e. The molecule has 20 heavy (non-hydrogen) atoms. The third-order valence-corrected chi connectivity index (χ3v) is 3.58. The average molecular weight is 266 g/mol. The molecule has 0 heterocycles. The van der Waals surface area contributed by atoms with Crippen LogP contribution in [0, 0.1) is 0 Å². The monoisotopic (exact) mass is 266 g/mol. The van der Waals surface area contributed by atoms with Gasteiger partial charge in [0.25, 0.3) is 0 Å². The Morgan fingerprint density at radius 3 is 2.45 bits per heavy atom. The zero-order valence-electron chi connectivity index (χ0n) is 11.6. The Bertz CT molecular complexity index is 596. The highest BCUT2D eigenvalue weighted by molar-refractivity contribution is 5.86. The number of hydrogen-bond acceptors (Lipinski definition) is 2. The Labute approximate surface area is 119 Å². The fraction of sp³-hybridized carbons (Fsp3) is 0.278. The van der Waals surface area contributed by atoms with Crippen LogP contribution in [0.4, 0.5) is 0 Å². The Hall–Kier alpha value is -2.09. The van der Waals surface area contributed by atoms with Gasteiger partial charge in [-0.2, -0.15) is 0 Å². The fourth-order valence-corrected chi connectivity index (χ4v) is 2.36. The molecule has 102 valence electrons. The Morgan fingerprint density at radius 1 is 1.10 bits per heavy atom. The minimum atomic E-state index is -0.482. The molecule has 0 radical (unpaired) electrons. The molecule has 1 atom stereocenters. The standard InChI is InChI=1S/C18H18O2/c1-2-3-9-17(19)18(13-7-5-4-6-8-13)20-16-11-14-10-15(14)12-16/h4-8,10-12,18H,2-3,9H2,1H3. The summed E-state index contributed by atoms with van der Waals surface area (Å²) in [6, 6.07) is 15.9. The first kappa shape index (κ1) is 12.9. The van der Waals surface area contributed by atoms with Crippen molar-refractivity contribution in [2.24, 2.45) is 0 Å². The summed E-state index contributed by atoms with van der Waals surface area (Å²) in [6.07, 6.45) is 2.02. The zero-order chi connectivity index (χ0) is 13.9. The van der Waals surface area contributed by atoms with E-state index in [0.717, 1.165) is 24.2 Å². The number of Topliss-reactive ketones (excluding diaryl/α,β-unsaturated/α-hetero) is 1. The number of carbonyl (C=O) groups is 1. The van der Waals surface area contributed by atoms with Gasteiger partial charge in [-0.05, 0) is 41.3 Å². The highest BCUT2D eigenvalue weighted by atomic mass is 16.5. The second-order valence-corrected chi connectivity index (χ2v) is 5.22. The van der Waals surface area contributed by atoms with Crippen molar-refractivity contribution in [1.82, 2.24) is 0 Å². The molecule has 0 spiro atoms. The van der Waals surface area contributed by atoms with Crippen LogP contribution in [0.15, 0.2) is 48.5 Å². The van der Waals surface area contributed by atoms with Gasteiger partial charge >= 0.3 is 0 Å². The maximum Gasteiger partial charge on any atom is 0.182 e. The van der Waals surface area contributed by atoms with Crippen LogP contribution < -0.4 is 4.74 Å². The minimum Gasteiger partial charge on any atom is -0.478 e. The van der Waals surface area contributed by atoms with Crippen molar-refractivity contribution in [3.05, 3.63) is 54.1 Å². The summed E-state index contributed by atoms with van der Waals surface area (Å²) < 4.78 is 5.95. The molecule has 0 aliphatic heterocycles. The SMILES string of the molecule is CCCCC(=O)C(Oc1cc2cc-2c1)c1ccccc1. The molecule has 2 aliphatic rings. The number of hydrogen-bond donors (Lipinski definition) is 0. The third kappa shape index (κ3) is 2.74. The van der Waals surface area contributed by atoms with Gasteiger partial charge in [0.15, 0.2) is 11.9 Å². The van der Waals surface area contributed by atoms with Crippen LogP contribution in [-0.2, 0) is 4.79 Å². The van der Waals surface area contributed by atoms with Crippen molar-refractivity contribution >= 4 is 5.78 Å². The second-order valence-electron chi connectivity index (χ2n) is 5.22. The molecule has 0 aromatic heterocycles. The molecule has 3 rings (SSSR count). The molecule has 0 fully saturated rings. The van der Waals surface area contributed by atoms with Crippen LogP contribution in [0.2, 0.25) is 0 Å². The fourth-order valence-electron chi connectivity index (χ4n) is 2.36. The van der Waals surface area contributed by atoms with Crippen LogP contribution in [0.3, 0.4) is 0 Å². The Balaban J connectivity index is 1.78. The van der Waals surface area contributed by atoms with E-state index < -0.39 is 6.10 Å². The molecular weight excluding hydrogens is 248 g/mol. The van der Waals surface area contributed by atoms with Gasteiger partial charge in [-0.1, -0.05) is 43.7 Å². The minimum absolute atomic E-state index is 0.159. The van der Waals surface area contributed by atoms with Crippen molar-refractivity contribution < 1.29 is 9.53 Å². The predicted molar refractivity (Wildman–Crippen MR) is 79.8 cm³/mol. The van der Waals surface area contributed by atoms with Gasteiger partial charge in [0.05, 0.1) is 0 Å². The van der Waals surface area contributed by atoms with E-state index in [2.05, 4.69) is 13.0 Å². The molecule has 2 nitrogen and oxygen atoms in total. The Morgan fingerprint density at radius 2 is 1.80 bits per heavy atom. The van der Waals surface area contributed by atoms with Crippen LogP contribution in [0.1, 0.15) is 37.9 Å². The molecule has 1 aromatic carbocycles. The van der Waals surface area contributed by atoms with Crippen molar-refractivity contribution in [2.45, 2.75) is 32.3 Å². The highest BCUT2D eigenvalue weighted by Crippen LogP contribution is 2.41. The number of benzene rings is 2. The van der Waals surface area contributed by atoms with Crippen molar-refractivity contribution in [3.8, 4) is 16.9 Å². The second kappa shape index (κ2) is 5.49. The number of carbonyl (C=O) groups excluding carboxylic acids is 1. The number of fused-ring (bicyclic) bond motifs is 1. The third-order valence-electron chi connectivity index (χ3n) is 3.58. The van der Waals surface area contributed by atoms with Gasteiger partial charge in [-0.25, -0.2) is 0 Å². The lowest BCUT2D eigenvalue weighted by molar-refractivity contribution is -0.126. The molecule has 0 saturated heterocycles. The summed E-state index contributed by atoms with van der Waals surface area (Å²) >= 11 is 0. The maximum atomic E-state index is 12.4. The molecule has 0 amide bonds. The zero-order valence-corrected chi connectivity index (χ0v) is 11.6. The van der Waals surface area contributed by atoms with E-state index in [1.54, 1.807) is 0 Å². The first-order valence-electron chi connectivity index (χ1n) is 7.17. The summed E-state index contributed by atoms with van der Waals surface area (Å²) in [7, 11) is 0. The molecule has 0 N–H and O–H groups in total. The molecule has 1 unspecified atom stereocenters. The van der Waals surface area contributed by atoms with Crippen molar-refractivity contribution in [1.29, 1.82) is 0 Å². The molecule has 0 saturated carbocycles. The van der Waals surface area contributed by atoms with Gasteiger partial charge in [0.1, 0.15) is 5.75 Å². The van der Waals surface area contributed by atoms with Crippen LogP contribution >= 0.6 is 0 Å². The number of ketones is 1. The molecule has 0 bridgehead atoms. The summed E-state index contributed by atoms with van der Waals surface area (Å²) in [5, 5.41) is 0. The van der Waals surface area contributed by atoms with E-state index in [1.165, 1.54) is 11.1 Å². The lowest BCUT2D eigenvalue weighted by Crippen LogP contribution is -2.18. The smallest absolute Gasteiger partial charge is 0.182 e. The van der Waals surface area contributed by atoms with E-state index in [-0.39, 0.29) is 5.78 Å². The molecule has 2 heteroatoms. The van der Waals surface area contributed by atoms with Crippen molar-refractivity contribution in [3.63, 3.8) is 0 Å². The summed E-state index contributed by atoms with van der Waals surface area (Å²) in [5.74, 6) is 0.961. The number of ether oxygens (including phenoxy) is 1. The topological polar surface area (TPSA) is 26.3 Å². The molecule has 1 aromatic rings. The lowest BCUT2D eigenvalue weighted by atomic mass is 10.0. The molecule has 2 aliphatic carbocycles. The van der Waals surface area contributed by atoms with E-state index in [4.69, 9.17) is 4.74 Å². The summed E-state index contributed by atoms with van der Waals surface area (Å²) in [4.78, 5) is 12.4. The number of unbranched alkanes of at least 4 members (excludes halogenated alkanes) is 1. The van der Waals surface area contributed by atoms with Crippen LogP contribution in [0.25, 0.3) is 11.1 Å². The quantitative estimate of drug-likeness (QED) is 0.627. The highest BCUT2D eigenvalue weighted by Gasteiger charge is 2.24. The van der Waals surface area contributed by atoms with Crippen LogP contribution in [-0.4, -0.2) is 5.78 Å². The van der Waals surface area contributed by atoms with Gasteiger partial charge in [-0.3, -0.25) is 4.79 Å². The maximum absolute atomic E-state index is 12.4. The van der Waals surface area contributed by atoms with Crippen LogP contribution in [0.5, 0.6) is 5.75 Å². The number of rotatable bonds is 7. The van der Waals surface area contributed by atoms with Gasteiger partial charge < -0.3 is 4.74 Å². The predicted octanol–water partition coefficient (Wildman–Crippen LogP) is 4.55. The van der Waals surface area contributed by atoms with E-state index >= 15 is 0 Å². The van der Waals surface area contributed by atoms with E-state index in [0.29, 0.717) is 6.42 Å². The normalized spacial score (nSPS) is 12.8. The van der Waals surface area contributed by atoms with Gasteiger partial charge in [-0.15, -0.1) is 0 Å². The van der Waals surface area contributed by atoms with Crippen molar-refractivity contribution in [2.75, 3.05) is 0 Å². The van der Waals surface area contributed by atoms with E-state index in [1.807, 2.05) is 42.5 Å².